The summed E-state index contributed by atoms with van der Waals surface area (Å²) in [6.07, 6.45) is 1.01. The molecule has 2 N–H and O–H groups in total. The van der Waals surface area contributed by atoms with Crippen LogP contribution in [0, 0.1) is 10.1 Å². The molecule has 2 aromatic carbocycles. The molecule has 3 aromatic rings. The number of para-hydroxylation sites is 1. The summed E-state index contributed by atoms with van der Waals surface area (Å²) >= 11 is 0. The Morgan fingerprint density at radius 3 is 2.53 bits per heavy atom. The Labute approximate surface area is 168 Å². The topological polar surface area (TPSA) is 157 Å². The highest BCUT2D eigenvalue weighted by Gasteiger charge is 2.21. The highest BCUT2D eigenvalue weighted by atomic mass is 16.6. The van der Waals surface area contributed by atoms with E-state index in [0.717, 1.165) is 36.2 Å². The van der Waals surface area contributed by atoms with Crippen molar-refractivity contribution in [1.82, 2.24) is 9.78 Å². The number of nitrogens with zero attached hydrogens (tertiary/aromatic N) is 3. The number of ether oxygens (including phenoxy) is 1. The maximum absolute atomic E-state index is 12.8. The Morgan fingerprint density at radius 2 is 1.93 bits per heavy atom. The van der Waals surface area contributed by atoms with E-state index < -0.39 is 33.7 Å². The van der Waals surface area contributed by atoms with Crippen LogP contribution in [0.15, 0.2) is 58.3 Å². The van der Waals surface area contributed by atoms with Gasteiger partial charge in [-0.3, -0.25) is 25.0 Å². The fourth-order valence-electron chi connectivity index (χ4n) is 2.64. The van der Waals surface area contributed by atoms with Crippen molar-refractivity contribution in [2.24, 2.45) is 4.99 Å². The van der Waals surface area contributed by atoms with Gasteiger partial charge in [0.15, 0.2) is 5.69 Å². The summed E-state index contributed by atoms with van der Waals surface area (Å²) in [5, 5.41) is 22.8. The molecule has 0 spiro atoms. The van der Waals surface area contributed by atoms with Crippen molar-refractivity contribution in [2.75, 3.05) is 7.11 Å². The molecule has 0 amide bonds. The SMILES string of the molecule is COC(=O)c1[nH]n(-c2ccccc2)c(=O)c1C=Nc1ccc([N+](=O)[O-])cc1C(=O)O. The van der Waals surface area contributed by atoms with Crippen molar-refractivity contribution in [2.45, 2.75) is 0 Å². The number of rotatable bonds is 6. The Kier molecular flexibility index (Phi) is 5.54. The number of aromatic carboxylic acids is 1. The van der Waals surface area contributed by atoms with Crippen LogP contribution in [-0.2, 0) is 4.74 Å². The molecule has 0 aliphatic carbocycles. The molecule has 0 saturated heterocycles. The lowest BCUT2D eigenvalue weighted by atomic mass is 10.1. The number of carboxylic acids is 1. The van der Waals surface area contributed by atoms with Crippen LogP contribution in [-0.4, -0.2) is 45.1 Å². The Bertz CT molecular complexity index is 1230. The summed E-state index contributed by atoms with van der Waals surface area (Å²) in [5.74, 6) is -2.26. The quantitative estimate of drug-likeness (QED) is 0.273. The van der Waals surface area contributed by atoms with E-state index in [0.29, 0.717) is 5.69 Å². The lowest BCUT2D eigenvalue weighted by molar-refractivity contribution is -0.384. The number of carbonyl (C=O) groups is 2. The van der Waals surface area contributed by atoms with Crippen LogP contribution in [0.4, 0.5) is 11.4 Å². The normalized spacial score (nSPS) is 10.8. The average Bonchev–Trinajstić information content (AvgIpc) is 3.08. The molecular formula is C19H14N4O7. The maximum atomic E-state index is 12.8. The van der Waals surface area contributed by atoms with Crippen LogP contribution in [0.5, 0.6) is 0 Å². The molecule has 0 unspecified atom stereocenters. The second-order valence-electron chi connectivity index (χ2n) is 5.89. The fraction of sp³-hybridized carbons (Fsp3) is 0.0526. The molecular weight excluding hydrogens is 396 g/mol. The minimum absolute atomic E-state index is 0.129. The van der Waals surface area contributed by atoms with Crippen LogP contribution in [0.2, 0.25) is 0 Å². The number of hydrogen-bond donors (Lipinski definition) is 2. The zero-order valence-corrected chi connectivity index (χ0v) is 15.4. The van der Waals surface area contributed by atoms with Crippen molar-refractivity contribution in [3.8, 4) is 5.69 Å². The number of aromatic nitrogens is 2. The Balaban J connectivity index is 2.13. The lowest BCUT2D eigenvalue weighted by Gasteiger charge is -2.01. The lowest BCUT2D eigenvalue weighted by Crippen LogP contribution is -2.17. The van der Waals surface area contributed by atoms with E-state index in [4.69, 9.17) is 0 Å². The largest absolute Gasteiger partial charge is 0.478 e. The number of nitrogens with one attached hydrogen (secondary N) is 1. The first-order valence-electron chi connectivity index (χ1n) is 8.38. The highest BCUT2D eigenvalue weighted by molar-refractivity contribution is 6.00. The average molecular weight is 410 g/mol. The number of nitro benzene ring substituents is 1. The van der Waals surface area contributed by atoms with E-state index in [1.165, 1.54) is 0 Å². The molecule has 1 aromatic heterocycles. The molecule has 11 heteroatoms. The minimum atomic E-state index is -1.44. The van der Waals surface area contributed by atoms with Gasteiger partial charge in [0, 0.05) is 18.3 Å². The van der Waals surface area contributed by atoms with Gasteiger partial charge in [0.1, 0.15) is 0 Å². The first-order chi connectivity index (χ1) is 14.3. The van der Waals surface area contributed by atoms with Crippen molar-refractivity contribution >= 4 is 29.5 Å². The molecule has 11 nitrogen and oxygen atoms in total. The number of hydrogen-bond acceptors (Lipinski definition) is 7. The van der Waals surface area contributed by atoms with Gasteiger partial charge in [-0.1, -0.05) is 18.2 Å². The number of aliphatic imine (C=N–C) groups is 1. The zero-order chi connectivity index (χ0) is 21.8. The number of non-ortho nitro benzene ring substituents is 1. The molecule has 152 valence electrons. The molecule has 0 saturated carbocycles. The van der Waals surface area contributed by atoms with Gasteiger partial charge in [0.05, 0.1) is 34.5 Å². The third-order valence-electron chi connectivity index (χ3n) is 4.08. The van der Waals surface area contributed by atoms with Crippen LogP contribution < -0.4 is 5.56 Å². The van der Waals surface area contributed by atoms with Gasteiger partial charge >= 0.3 is 11.9 Å². The number of H-pyrrole nitrogens is 1. The smallest absolute Gasteiger partial charge is 0.356 e. The minimum Gasteiger partial charge on any atom is -0.478 e. The summed E-state index contributed by atoms with van der Waals surface area (Å²) in [6.45, 7) is 0. The number of carboxylic acid groups (broad SMARTS) is 1. The van der Waals surface area contributed by atoms with Gasteiger partial charge in [0.2, 0.25) is 0 Å². The fourth-order valence-corrected chi connectivity index (χ4v) is 2.64. The van der Waals surface area contributed by atoms with Crippen LogP contribution in [0.25, 0.3) is 5.69 Å². The summed E-state index contributed by atoms with van der Waals surface area (Å²) < 4.78 is 5.80. The second-order valence-corrected chi connectivity index (χ2v) is 5.89. The van der Waals surface area contributed by atoms with Crippen molar-refractivity contribution in [3.63, 3.8) is 0 Å². The van der Waals surface area contributed by atoms with Gasteiger partial charge in [-0.15, -0.1) is 0 Å². The predicted molar refractivity (Wildman–Crippen MR) is 105 cm³/mol. The summed E-state index contributed by atoms with van der Waals surface area (Å²) in [7, 11) is 1.14. The number of methoxy groups -OCH3 is 1. The zero-order valence-electron chi connectivity index (χ0n) is 15.4. The highest BCUT2D eigenvalue weighted by Crippen LogP contribution is 2.24. The monoisotopic (exact) mass is 410 g/mol. The molecule has 30 heavy (non-hydrogen) atoms. The number of nitro groups is 1. The Morgan fingerprint density at radius 1 is 1.23 bits per heavy atom. The molecule has 0 fully saturated rings. The van der Waals surface area contributed by atoms with Crippen molar-refractivity contribution in [3.05, 3.63) is 85.8 Å². The van der Waals surface area contributed by atoms with E-state index in [-0.39, 0.29) is 16.9 Å². The summed E-state index contributed by atoms with van der Waals surface area (Å²) in [6, 6.07) is 11.5. The van der Waals surface area contributed by atoms with Crippen LogP contribution >= 0.6 is 0 Å². The number of esters is 1. The van der Waals surface area contributed by atoms with Crippen molar-refractivity contribution < 1.29 is 24.4 Å². The first-order valence-corrected chi connectivity index (χ1v) is 8.38. The van der Waals surface area contributed by atoms with Crippen molar-refractivity contribution in [1.29, 1.82) is 0 Å². The first kappa shape index (κ1) is 20.2. The van der Waals surface area contributed by atoms with Gasteiger partial charge in [-0.2, -0.15) is 0 Å². The molecule has 0 aliphatic rings. The Hall–Kier alpha value is -4.54. The van der Waals surface area contributed by atoms with E-state index in [2.05, 4.69) is 14.8 Å². The van der Waals surface area contributed by atoms with Gasteiger partial charge < -0.3 is 9.84 Å². The van der Waals surface area contributed by atoms with Crippen LogP contribution in [0.3, 0.4) is 0 Å². The van der Waals surface area contributed by atoms with Crippen LogP contribution in [0.1, 0.15) is 26.4 Å². The third kappa shape index (κ3) is 3.85. The number of benzene rings is 2. The summed E-state index contributed by atoms with van der Waals surface area (Å²) in [5.41, 5.74) is -1.50. The summed E-state index contributed by atoms with van der Waals surface area (Å²) in [4.78, 5) is 50.5. The third-order valence-corrected chi connectivity index (χ3v) is 4.08. The van der Waals surface area contributed by atoms with Gasteiger partial charge in [-0.05, 0) is 18.2 Å². The van der Waals surface area contributed by atoms with E-state index >= 15 is 0 Å². The van der Waals surface area contributed by atoms with Gasteiger partial charge in [-0.25, -0.2) is 14.3 Å². The molecule has 3 rings (SSSR count). The molecule has 1 heterocycles. The molecule has 0 aliphatic heterocycles. The molecule has 0 atom stereocenters. The number of carbonyl (C=O) groups excluding carboxylic acids is 1. The molecule has 0 bridgehead atoms. The second kappa shape index (κ2) is 8.22. The predicted octanol–water partition coefficient (Wildman–Crippen LogP) is 2.31. The molecule has 0 radical (unpaired) electrons. The van der Waals surface area contributed by atoms with Gasteiger partial charge in [0.25, 0.3) is 11.2 Å². The van der Waals surface area contributed by atoms with E-state index in [9.17, 15) is 29.6 Å². The van der Waals surface area contributed by atoms with E-state index in [1.54, 1.807) is 30.3 Å². The standard InChI is InChI=1S/C19H14N4O7/c1-30-19(27)16-14(17(24)22(21-16)11-5-3-2-4-6-11)10-20-15-8-7-12(23(28)29)9-13(15)18(25)26/h2-10,21H,1H3,(H,25,26). The van der Waals surface area contributed by atoms with E-state index in [1.807, 2.05) is 0 Å². The number of aromatic amines is 1. The maximum Gasteiger partial charge on any atom is 0.356 e.